The highest BCUT2D eigenvalue weighted by molar-refractivity contribution is 9.10. The minimum Gasteiger partial charge on any atom is -0.293 e. The average molecular weight is 257 g/mol. The summed E-state index contributed by atoms with van der Waals surface area (Å²) in [5.74, 6) is -0.495. The molecule has 1 aliphatic carbocycles. The van der Waals surface area contributed by atoms with Crippen molar-refractivity contribution in [2.45, 2.75) is 20.3 Å². The van der Waals surface area contributed by atoms with E-state index in [4.69, 9.17) is 0 Å². The number of hydrogen-bond acceptors (Lipinski definition) is 1. The Balaban J connectivity index is 2.70. The number of benzene rings is 1. The second kappa shape index (κ2) is 2.89. The highest BCUT2D eigenvalue weighted by Gasteiger charge is 2.40. The molecule has 0 saturated carbocycles. The highest BCUT2D eigenvalue weighted by atomic mass is 79.9. The summed E-state index contributed by atoms with van der Waals surface area (Å²) in [6.07, 6.45) is 0.611. The molecule has 1 aromatic rings. The van der Waals surface area contributed by atoms with Gasteiger partial charge in [0.15, 0.2) is 5.78 Å². The van der Waals surface area contributed by atoms with Crippen molar-refractivity contribution in [1.29, 1.82) is 0 Å². The molecular formula is C11H10BrFO. The zero-order chi connectivity index (χ0) is 10.5. The second-order valence-corrected chi connectivity index (χ2v) is 5.13. The fourth-order valence-electron chi connectivity index (χ4n) is 1.87. The van der Waals surface area contributed by atoms with E-state index in [-0.39, 0.29) is 11.3 Å². The second-order valence-electron chi connectivity index (χ2n) is 4.27. The van der Waals surface area contributed by atoms with Gasteiger partial charge in [-0.15, -0.1) is 0 Å². The van der Waals surface area contributed by atoms with Gasteiger partial charge in [-0.1, -0.05) is 29.8 Å². The van der Waals surface area contributed by atoms with Gasteiger partial charge in [0, 0.05) is 9.89 Å². The van der Waals surface area contributed by atoms with Gasteiger partial charge in [-0.05, 0) is 24.1 Å². The van der Waals surface area contributed by atoms with Crippen LogP contribution in [0.5, 0.6) is 0 Å². The summed E-state index contributed by atoms with van der Waals surface area (Å²) in [6, 6.07) is 2.99. The zero-order valence-corrected chi connectivity index (χ0v) is 9.61. The number of fused-ring (bicyclic) bond motifs is 1. The van der Waals surface area contributed by atoms with Gasteiger partial charge in [0.05, 0.1) is 5.56 Å². The van der Waals surface area contributed by atoms with E-state index in [0.717, 1.165) is 10.0 Å². The summed E-state index contributed by atoms with van der Waals surface area (Å²) in [7, 11) is 0. The molecule has 0 unspecified atom stereocenters. The Kier molecular flexibility index (Phi) is 2.03. The maximum Gasteiger partial charge on any atom is 0.172 e. The fourth-order valence-corrected chi connectivity index (χ4v) is 2.34. The van der Waals surface area contributed by atoms with Crippen molar-refractivity contribution >= 4 is 21.7 Å². The number of carbonyl (C=O) groups excluding carboxylic acids is 1. The molecule has 0 fully saturated rings. The molecule has 1 nitrogen and oxygen atoms in total. The third-order valence-corrected chi connectivity index (χ3v) is 3.41. The third-order valence-electron chi connectivity index (χ3n) is 2.67. The van der Waals surface area contributed by atoms with Crippen LogP contribution in [0.1, 0.15) is 29.8 Å². The van der Waals surface area contributed by atoms with E-state index in [9.17, 15) is 9.18 Å². The number of carbonyl (C=O) groups is 1. The number of ketones is 1. The van der Waals surface area contributed by atoms with Gasteiger partial charge in [-0.2, -0.15) is 0 Å². The smallest absolute Gasteiger partial charge is 0.172 e. The summed E-state index contributed by atoms with van der Waals surface area (Å²) in [5, 5.41) is 0. The summed E-state index contributed by atoms with van der Waals surface area (Å²) in [5.41, 5.74) is 0.608. The molecule has 0 heterocycles. The van der Waals surface area contributed by atoms with E-state index in [1.165, 1.54) is 6.07 Å². The molecule has 74 valence electrons. The molecule has 1 aromatic carbocycles. The van der Waals surface area contributed by atoms with Crippen LogP contribution >= 0.6 is 15.9 Å². The van der Waals surface area contributed by atoms with Crippen molar-refractivity contribution in [1.82, 2.24) is 0 Å². The Bertz CT molecular complexity index is 424. The lowest BCUT2D eigenvalue weighted by molar-refractivity contribution is 0.0860. The van der Waals surface area contributed by atoms with Crippen LogP contribution in [-0.4, -0.2) is 5.78 Å². The van der Waals surface area contributed by atoms with Gasteiger partial charge in [-0.3, -0.25) is 4.79 Å². The molecule has 0 amide bonds. The number of Topliss-reactive ketones (excluding diaryl/α,β-unsaturated/α-hetero) is 1. The van der Waals surface area contributed by atoms with Crippen molar-refractivity contribution in [2.24, 2.45) is 5.41 Å². The maximum absolute atomic E-state index is 13.4. The van der Waals surface area contributed by atoms with Gasteiger partial charge in [0.25, 0.3) is 0 Å². The highest BCUT2D eigenvalue weighted by Crippen LogP contribution is 2.40. The number of rotatable bonds is 0. The van der Waals surface area contributed by atoms with E-state index in [1.54, 1.807) is 6.07 Å². The number of hydrogen-bond donors (Lipinski definition) is 0. The summed E-state index contributed by atoms with van der Waals surface area (Å²) < 4.78 is 14.2. The van der Waals surface area contributed by atoms with Crippen LogP contribution in [0.4, 0.5) is 4.39 Å². The van der Waals surface area contributed by atoms with Gasteiger partial charge in [0.2, 0.25) is 0 Å². The van der Waals surface area contributed by atoms with Crippen molar-refractivity contribution < 1.29 is 9.18 Å². The first-order valence-corrected chi connectivity index (χ1v) is 5.24. The lowest BCUT2D eigenvalue weighted by Gasteiger charge is -2.13. The Hall–Kier alpha value is -0.700. The summed E-state index contributed by atoms with van der Waals surface area (Å²) >= 11 is 3.34. The first-order valence-electron chi connectivity index (χ1n) is 4.45. The Morgan fingerprint density at radius 3 is 2.64 bits per heavy atom. The molecule has 0 aliphatic heterocycles. The largest absolute Gasteiger partial charge is 0.293 e. The normalized spacial score (nSPS) is 18.4. The van der Waals surface area contributed by atoms with Crippen LogP contribution in [0, 0.1) is 11.2 Å². The molecule has 2 rings (SSSR count). The molecule has 0 N–H and O–H groups in total. The molecule has 0 bridgehead atoms. The molecular weight excluding hydrogens is 247 g/mol. The van der Waals surface area contributed by atoms with Crippen molar-refractivity contribution in [3.63, 3.8) is 0 Å². The number of halogens is 2. The Morgan fingerprint density at radius 1 is 1.43 bits per heavy atom. The molecule has 0 spiro atoms. The molecule has 0 radical (unpaired) electrons. The predicted molar refractivity (Wildman–Crippen MR) is 55.9 cm³/mol. The molecule has 3 heteroatoms. The SMILES string of the molecule is CC1(C)Cc2c(Br)ccc(F)c2C1=O. The quantitative estimate of drug-likeness (QED) is 0.696. The standard InChI is InChI=1S/C11H10BrFO/c1-11(2)5-6-7(12)3-4-8(13)9(6)10(11)14/h3-4H,5H2,1-2H3. The van der Waals surface area contributed by atoms with E-state index in [2.05, 4.69) is 15.9 Å². The minimum absolute atomic E-state index is 0.0914. The molecule has 14 heavy (non-hydrogen) atoms. The van der Waals surface area contributed by atoms with Crippen LogP contribution in [-0.2, 0) is 6.42 Å². The molecule has 0 saturated heterocycles. The summed E-state index contributed by atoms with van der Waals surface area (Å²) in [6.45, 7) is 3.70. The van der Waals surface area contributed by atoms with Crippen molar-refractivity contribution in [3.8, 4) is 0 Å². The molecule has 0 atom stereocenters. The van der Waals surface area contributed by atoms with E-state index >= 15 is 0 Å². The molecule has 1 aliphatic rings. The average Bonchev–Trinajstić information content (AvgIpc) is 2.33. The van der Waals surface area contributed by atoms with Gasteiger partial charge in [-0.25, -0.2) is 4.39 Å². The van der Waals surface area contributed by atoms with E-state index < -0.39 is 11.2 Å². The zero-order valence-electron chi connectivity index (χ0n) is 8.03. The van der Waals surface area contributed by atoms with Crippen LogP contribution in [0.2, 0.25) is 0 Å². The minimum atomic E-state index is -0.465. The first-order chi connectivity index (χ1) is 6.43. The first kappa shape index (κ1) is 9.84. The maximum atomic E-state index is 13.4. The van der Waals surface area contributed by atoms with Crippen LogP contribution < -0.4 is 0 Å². The monoisotopic (exact) mass is 256 g/mol. The topological polar surface area (TPSA) is 17.1 Å². The van der Waals surface area contributed by atoms with Crippen LogP contribution in [0.3, 0.4) is 0 Å². The van der Waals surface area contributed by atoms with Crippen molar-refractivity contribution in [3.05, 3.63) is 33.5 Å². The summed E-state index contributed by atoms with van der Waals surface area (Å²) in [4.78, 5) is 11.8. The van der Waals surface area contributed by atoms with Crippen LogP contribution in [0.25, 0.3) is 0 Å². The van der Waals surface area contributed by atoms with E-state index in [0.29, 0.717) is 6.42 Å². The fraction of sp³-hybridized carbons (Fsp3) is 0.364. The van der Waals surface area contributed by atoms with E-state index in [1.807, 2.05) is 13.8 Å². The predicted octanol–water partition coefficient (Wildman–Crippen LogP) is 3.35. The van der Waals surface area contributed by atoms with Gasteiger partial charge in [0.1, 0.15) is 5.82 Å². The van der Waals surface area contributed by atoms with Crippen molar-refractivity contribution in [2.75, 3.05) is 0 Å². The van der Waals surface area contributed by atoms with Gasteiger partial charge < -0.3 is 0 Å². The lowest BCUT2D eigenvalue weighted by atomic mass is 9.89. The van der Waals surface area contributed by atoms with Crippen LogP contribution in [0.15, 0.2) is 16.6 Å². The Morgan fingerprint density at radius 2 is 2.07 bits per heavy atom. The molecule has 0 aromatic heterocycles. The Labute approximate surface area is 90.4 Å². The van der Waals surface area contributed by atoms with Gasteiger partial charge >= 0.3 is 0 Å². The third kappa shape index (κ3) is 1.22. The lowest BCUT2D eigenvalue weighted by Crippen LogP contribution is -2.19.